The highest BCUT2D eigenvalue weighted by atomic mass is 19.1. The molecular formula is C16H18FN. The summed E-state index contributed by atoms with van der Waals surface area (Å²) in [6.45, 7) is 0. The highest BCUT2D eigenvalue weighted by molar-refractivity contribution is 5.26. The minimum Gasteiger partial charge on any atom is -0.300 e. The molecule has 0 amide bonds. The van der Waals surface area contributed by atoms with Gasteiger partial charge in [0.05, 0.1) is 6.04 Å². The molecule has 1 nitrogen and oxygen atoms in total. The fraction of sp³-hybridized carbons (Fsp3) is 0.250. The zero-order chi connectivity index (χ0) is 13.0. The molecule has 2 atom stereocenters. The smallest absolute Gasteiger partial charge is 0.145 e. The number of nitrogens with zero attached hydrogens (tertiary/aromatic N) is 1. The fourth-order valence-corrected chi connectivity index (χ4v) is 2.20. The van der Waals surface area contributed by atoms with Crippen LogP contribution in [0.1, 0.15) is 23.3 Å². The summed E-state index contributed by atoms with van der Waals surface area (Å²) in [7, 11) is 3.82. The van der Waals surface area contributed by atoms with Crippen LogP contribution in [-0.4, -0.2) is 19.0 Å². The van der Waals surface area contributed by atoms with Crippen molar-refractivity contribution < 1.29 is 4.39 Å². The second-order valence-corrected chi connectivity index (χ2v) is 4.63. The summed E-state index contributed by atoms with van der Waals surface area (Å²) in [4.78, 5) is 1.92. The van der Waals surface area contributed by atoms with E-state index in [-0.39, 0.29) is 6.04 Å². The number of halogens is 1. The molecule has 0 bridgehead atoms. The zero-order valence-electron chi connectivity index (χ0n) is 10.8. The quantitative estimate of drug-likeness (QED) is 0.784. The Bertz CT molecular complexity index is 467. The van der Waals surface area contributed by atoms with Gasteiger partial charge in [0.25, 0.3) is 0 Å². The van der Waals surface area contributed by atoms with E-state index in [9.17, 15) is 4.39 Å². The molecule has 0 aliphatic carbocycles. The maximum absolute atomic E-state index is 14.7. The van der Waals surface area contributed by atoms with Crippen molar-refractivity contribution in [3.05, 3.63) is 71.8 Å². The first-order valence-electron chi connectivity index (χ1n) is 6.10. The van der Waals surface area contributed by atoms with E-state index in [0.717, 1.165) is 11.1 Å². The maximum atomic E-state index is 14.7. The predicted octanol–water partition coefficient (Wildman–Crippen LogP) is 4.00. The van der Waals surface area contributed by atoms with Crippen LogP contribution < -0.4 is 0 Å². The van der Waals surface area contributed by atoms with Crippen LogP contribution in [0.2, 0.25) is 0 Å². The number of hydrogen-bond donors (Lipinski definition) is 0. The van der Waals surface area contributed by atoms with E-state index in [0.29, 0.717) is 0 Å². The van der Waals surface area contributed by atoms with Gasteiger partial charge < -0.3 is 0 Å². The van der Waals surface area contributed by atoms with Crippen LogP contribution in [0, 0.1) is 0 Å². The van der Waals surface area contributed by atoms with Gasteiger partial charge in [0, 0.05) is 0 Å². The SMILES string of the molecule is CN(C)[C@@H](c1ccccc1)[C@@H](F)c1ccccc1. The Balaban J connectivity index is 2.32. The molecule has 2 aromatic rings. The molecule has 2 heteroatoms. The summed E-state index contributed by atoms with van der Waals surface area (Å²) in [5, 5.41) is 0. The van der Waals surface area contributed by atoms with Gasteiger partial charge in [-0.05, 0) is 25.2 Å². The summed E-state index contributed by atoms with van der Waals surface area (Å²) >= 11 is 0. The zero-order valence-corrected chi connectivity index (χ0v) is 10.8. The molecule has 0 unspecified atom stereocenters. The standard InChI is InChI=1S/C16H18FN/c1-18(2)16(14-11-7-4-8-12-14)15(17)13-9-5-3-6-10-13/h3-12,15-16H,1-2H3/t15-,16-/m0/s1. The first-order chi connectivity index (χ1) is 8.70. The molecule has 2 aromatic carbocycles. The van der Waals surface area contributed by atoms with Gasteiger partial charge in [-0.2, -0.15) is 0 Å². The van der Waals surface area contributed by atoms with Crippen molar-refractivity contribution in [2.45, 2.75) is 12.2 Å². The van der Waals surface area contributed by atoms with E-state index < -0.39 is 6.17 Å². The highest BCUT2D eigenvalue weighted by Crippen LogP contribution is 2.35. The number of benzene rings is 2. The topological polar surface area (TPSA) is 3.24 Å². The van der Waals surface area contributed by atoms with E-state index in [2.05, 4.69) is 0 Å². The third-order valence-corrected chi connectivity index (χ3v) is 3.09. The minimum absolute atomic E-state index is 0.256. The average molecular weight is 243 g/mol. The second-order valence-electron chi connectivity index (χ2n) is 4.63. The number of rotatable bonds is 4. The summed E-state index contributed by atoms with van der Waals surface area (Å²) in [6, 6.07) is 18.9. The summed E-state index contributed by atoms with van der Waals surface area (Å²) in [5.41, 5.74) is 1.72. The molecule has 18 heavy (non-hydrogen) atoms. The van der Waals surface area contributed by atoms with Gasteiger partial charge in [-0.15, -0.1) is 0 Å². The maximum Gasteiger partial charge on any atom is 0.145 e. The van der Waals surface area contributed by atoms with Gasteiger partial charge in [-0.3, -0.25) is 4.90 Å². The van der Waals surface area contributed by atoms with Crippen LogP contribution in [0.3, 0.4) is 0 Å². The molecule has 94 valence electrons. The van der Waals surface area contributed by atoms with Crippen molar-refractivity contribution in [2.24, 2.45) is 0 Å². The molecule has 2 rings (SSSR count). The molecule has 0 heterocycles. The van der Waals surface area contributed by atoms with Crippen LogP contribution in [0.4, 0.5) is 4.39 Å². The van der Waals surface area contributed by atoms with Crippen LogP contribution in [-0.2, 0) is 0 Å². The van der Waals surface area contributed by atoms with E-state index in [1.54, 1.807) is 0 Å². The van der Waals surface area contributed by atoms with Crippen molar-refractivity contribution in [2.75, 3.05) is 14.1 Å². The number of alkyl halides is 1. The van der Waals surface area contributed by atoms with Crippen molar-refractivity contribution in [3.8, 4) is 0 Å². The van der Waals surface area contributed by atoms with Gasteiger partial charge in [0.15, 0.2) is 0 Å². The molecule has 0 radical (unpaired) electrons. The normalized spacial score (nSPS) is 14.4. The minimum atomic E-state index is -1.02. The van der Waals surface area contributed by atoms with Crippen molar-refractivity contribution >= 4 is 0 Å². The van der Waals surface area contributed by atoms with Crippen LogP contribution in [0.25, 0.3) is 0 Å². The molecule has 0 spiro atoms. The highest BCUT2D eigenvalue weighted by Gasteiger charge is 2.26. The largest absolute Gasteiger partial charge is 0.300 e. The molecule has 0 aromatic heterocycles. The summed E-state index contributed by atoms with van der Waals surface area (Å²) in [6.07, 6.45) is -1.02. The van der Waals surface area contributed by atoms with Gasteiger partial charge in [-0.1, -0.05) is 60.7 Å². The lowest BCUT2D eigenvalue weighted by Gasteiger charge is -2.28. The number of hydrogen-bond acceptors (Lipinski definition) is 1. The molecular weight excluding hydrogens is 225 g/mol. The Morgan fingerprint density at radius 2 is 1.22 bits per heavy atom. The third kappa shape index (κ3) is 2.77. The van der Waals surface area contributed by atoms with E-state index in [4.69, 9.17) is 0 Å². The van der Waals surface area contributed by atoms with Gasteiger partial charge in [0.1, 0.15) is 6.17 Å². The number of likely N-dealkylation sites (N-methyl/N-ethyl adjacent to an activating group) is 1. The molecule has 0 aliphatic heterocycles. The lowest BCUT2D eigenvalue weighted by atomic mass is 9.96. The van der Waals surface area contributed by atoms with Crippen LogP contribution in [0.5, 0.6) is 0 Å². The van der Waals surface area contributed by atoms with Gasteiger partial charge >= 0.3 is 0 Å². The molecule has 0 fully saturated rings. The second kappa shape index (κ2) is 5.78. The van der Waals surface area contributed by atoms with Crippen molar-refractivity contribution in [3.63, 3.8) is 0 Å². The van der Waals surface area contributed by atoms with Crippen molar-refractivity contribution in [1.29, 1.82) is 0 Å². The molecule has 0 saturated heterocycles. The van der Waals surface area contributed by atoms with Crippen molar-refractivity contribution in [1.82, 2.24) is 4.90 Å². The van der Waals surface area contributed by atoms with E-state index >= 15 is 0 Å². The summed E-state index contributed by atoms with van der Waals surface area (Å²) in [5.74, 6) is 0. The Morgan fingerprint density at radius 3 is 1.67 bits per heavy atom. The van der Waals surface area contributed by atoms with E-state index in [1.165, 1.54) is 0 Å². The average Bonchev–Trinajstić information content (AvgIpc) is 2.40. The third-order valence-electron chi connectivity index (χ3n) is 3.09. The lowest BCUT2D eigenvalue weighted by molar-refractivity contribution is 0.160. The first kappa shape index (κ1) is 12.8. The lowest BCUT2D eigenvalue weighted by Crippen LogP contribution is -2.24. The monoisotopic (exact) mass is 243 g/mol. The molecule has 0 aliphatic rings. The molecule has 0 N–H and O–H groups in total. The van der Waals surface area contributed by atoms with Gasteiger partial charge in [0.2, 0.25) is 0 Å². The Kier molecular flexibility index (Phi) is 4.11. The van der Waals surface area contributed by atoms with E-state index in [1.807, 2.05) is 79.7 Å². The van der Waals surface area contributed by atoms with Gasteiger partial charge in [-0.25, -0.2) is 4.39 Å². The Hall–Kier alpha value is -1.67. The predicted molar refractivity (Wildman–Crippen MR) is 73.2 cm³/mol. The fourth-order valence-electron chi connectivity index (χ4n) is 2.20. The molecule has 0 saturated carbocycles. The Morgan fingerprint density at radius 1 is 0.778 bits per heavy atom. The Labute approximate surface area is 108 Å². The van der Waals surface area contributed by atoms with Crippen LogP contribution in [0.15, 0.2) is 60.7 Å². The van der Waals surface area contributed by atoms with Crippen LogP contribution >= 0.6 is 0 Å². The first-order valence-corrected chi connectivity index (χ1v) is 6.10. The summed E-state index contributed by atoms with van der Waals surface area (Å²) < 4.78 is 14.7.